The maximum atomic E-state index is 8.71. The van der Waals surface area contributed by atoms with E-state index < -0.39 is 0 Å². The van der Waals surface area contributed by atoms with E-state index in [0.717, 1.165) is 10.0 Å². The molecule has 5 heteroatoms. The molecule has 1 aromatic carbocycles. The molecule has 0 spiro atoms. The second kappa shape index (κ2) is 6.64. The Bertz CT molecular complexity index is 296. The van der Waals surface area contributed by atoms with Gasteiger partial charge in [0, 0.05) is 22.1 Å². The van der Waals surface area contributed by atoms with Crippen molar-refractivity contribution >= 4 is 39.9 Å². The number of benzene rings is 1. The van der Waals surface area contributed by atoms with Crippen LogP contribution in [-0.2, 0) is 0 Å². The van der Waals surface area contributed by atoms with Gasteiger partial charge in [0.15, 0.2) is 0 Å². The highest BCUT2D eigenvalue weighted by Gasteiger charge is 2.09. The summed E-state index contributed by atoms with van der Waals surface area (Å²) in [5.41, 5.74) is 6.67. The molecule has 0 aliphatic heterocycles. The number of hydrogen-bond donors (Lipinski definition) is 2. The zero-order chi connectivity index (χ0) is 9.84. The van der Waals surface area contributed by atoms with Gasteiger partial charge in [0.2, 0.25) is 0 Å². The highest BCUT2D eigenvalue weighted by Crippen LogP contribution is 2.26. The Morgan fingerprint density at radius 1 is 1.50 bits per heavy atom. The number of aliphatic hydroxyl groups is 1. The highest BCUT2D eigenvalue weighted by atomic mass is 79.9. The van der Waals surface area contributed by atoms with Crippen LogP contribution in [0.1, 0.15) is 18.0 Å². The van der Waals surface area contributed by atoms with Crippen molar-refractivity contribution in [2.24, 2.45) is 5.73 Å². The third-order valence-corrected chi connectivity index (χ3v) is 2.62. The van der Waals surface area contributed by atoms with Gasteiger partial charge in [0.05, 0.1) is 0 Å². The lowest BCUT2D eigenvalue weighted by molar-refractivity contribution is 0.276. The summed E-state index contributed by atoms with van der Waals surface area (Å²) in [5.74, 6) is 0. The SMILES string of the molecule is Cl.N[C@@H](CCO)c1ccc(Br)cc1Cl. The van der Waals surface area contributed by atoms with Gasteiger partial charge in [-0.3, -0.25) is 0 Å². The number of rotatable bonds is 3. The Balaban J connectivity index is 0.00000169. The van der Waals surface area contributed by atoms with E-state index >= 15 is 0 Å². The van der Waals surface area contributed by atoms with Gasteiger partial charge in [-0.05, 0) is 24.1 Å². The highest BCUT2D eigenvalue weighted by molar-refractivity contribution is 9.10. The smallest absolute Gasteiger partial charge is 0.0464 e. The van der Waals surface area contributed by atoms with Crippen molar-refractivity contribution in [3.8, 4) is 0 Å². The fraction of sp³-hybridized carbons (Fsp3) is 0.333. The normalized spacial score (nSPS) is 12.0. The van der Waals surface area contributed by atoms with Crippen molar-refractivity contribution in [2.45, 2.75) is 12.5 Å². The van der Waals surface area contributed by atoms with Crippen molar-refractivity contribution in [1.82, 2.24) is 0 Å². The second-order valence-electron chi connectivity index (χ2n) is 2.78. The molecule has 0 saturated carbocycles. The van der Waals surface area contributed by atoms with Crippen molar-refractivity contribution < 1.29 is 5.11 Å². The molecule has 14 heavy (non-hydrogen) atoms. The maximum absolute atomic E-state index is 8.71. The number of halogens is 3. The molecule has 0 aliphatic rings. The van der Waals surface area contributed by atoms with E-state index in [1.165, 1.54) is 0 Å². The fourth-order valence-electron chi connectivity index (χ4n) is 1.10. The van der Waals surface area contributed by atoms with Crippen LogP contribution in [0.4, 0.5) is 0 Å². The van der Waals surface area contributed by atoms with Crippen LogP contribution in [0.5, 0.6) is 0 Å². The number of hydrogen-bond acceptors (Lipinski definition) is 2. The molecule has 0 radical (unpaired) electrons. The molecular weight excluding hydrogens is 289 g/mol. The molecule has 0 amide bonds. The lowest BCUT2D eigenvalue weighted by Gasteiger charge is -2.12. The molecule has 80 valence electrons. The van der Waals surface area contributed by atoms with Crippen molar-refractivity contribution in [1.29, 1.82) is 0 Å². The Morgan fingerprint density at radius 2 is 2.14 bits per heavy atom. The van der Waals surface area contributed by atoms with Crippen LogP contribution < -0.4 is 5.73 Å². The Hall–Kier alpha value is 0.200. The van der Waals surface area contributed by atoms with Crippen LogP contribution in [0.15, 0.2) is 22.7 Å². The van der Waals surface area contributed by atoms with E-state index in [4.69, 9.17) is 22.4 Å². The summed E-state index contributed by atoms with van der Waals surface area (Å²) < 4.78 is 0.928. The molecule has 1 aromatic rings. The third kappa shape index (κ3) is 3.75. The second-order valence-corrected chi connectivity index (χ2v) is 4.11. The van der Waals surface area contributed by atoms with Crippen LogP contribution in [0.25, 0.3) is 0 Å². The zero-order valence-electron chi connectivity index (χ0n) is 7.41. The van der Waals surface area contributed by atoms with Crippen LogP contribution in [-0.4, -0.2) is 11.7 Å². The first-order chi connectivity index (χ1) is 6.15. The zero-order valence-corrected chi connectivity index (χ0v) is 10.6. The lowest BCUT2D eigenvalue weighted by atomic mass is 10.1. The number of nitrogens with two attached hydrogens (primary N) is 1. The quantitative estimate of drug-likeness (QED) is 0.901. The lowest BCUT2D eigenvalue weighted by Crippen LogP contribution is -2.12. The van der Waals surface area contributed by atoms with Gasteiger partial charge in [-0.2, -0.15) is 0 Å². The van der Waals surface area contributed by atoms with E-state index in [-0.39, 0.29) is 25.1 Å². The monoisotopic (exact) mass is 299 g/mol. The Labute approximate surface area is 103 Å². The van der Waals surface area contributed by atoms with Gasteiger partial charge in [-0.25, -0.2) is 0 Å². The summed E-state index contributed by atoms with van der Waals surface area (Å²) in [4.78, 5) is 0. The predicted octanol–water partition coefficient (Wildman–Crippen LogP) is 2.91. The summed E-state index contributed by atoms with van der Waals surface area (Å²) in [6, 6.07) is 5.37. The van der Waals surface area contributed by atoms with E-state index in [2.05, 4.69) is 15.9 Å². The molecule has 0 saturated heterocycles. The molecule has 3 N–H and O–H groups in total. The van der Waals surface area contributed by atoms with Crippen LogP contribution in [0, 0.1) is 0 Å². The molecule has 1 atom stereocenters. The van der Waals surface area contributed by atoms with Gasteiger partial charge in [-0.1, -0.05) is 33.6 Å². The molecule has 0 bridgehead atoms. The van der Waals surface area contributed by atoms with Crippen molar-refractivity contribution in [2.75, 3.05) is 6.61 Å². The molecule has 0 heterocycles. The van der Waals surface area contributed by atoms with Gasteiger partial charge >= 0.3 is 0 Å². The summed E-state index contributed by atoms with van der Waals surface area (Å²) >= 11 is 9.28. The van der Waals surface area contributed by atoms with Crippen LogP contribution in [0.2, 0.25) is 5.02 Å². The minimum Gasteiger partial charge on any atom is -0.396 e. The average molecular weight is 301 g/mol. The van der Waals surface area contributed by atoms with Gasteiger partial charge in [-0.15, -0.1) is 12.4 Å². The topological polar surface area (TPSA) is 46.2 Å². The summed E-state index contributed by atoms with van der Waals surface area (Å²) in [5, 5.41) is 9.35. The predicted molar refractivity (Wildman–Crippen MR) is 65.0 cm³/mol. The summed E-state index contributed by atoms with van der Waals surface area (Å²) in [7, 11) is 0. The summed E-state index contributed by atoms with van der Waals surface area (Å²) in [6.45, 7) is 0.0769. The first-order valence-corrected chi connectivity index (χ1v) is 5.13. The van der Waals surface area contributed by atoms with Crippen molar-refractivity contribution in [3.05, 3.63) is 33.3 Å². The summed E-state index contributed by atoms with van der Waals surface area (Å²) in [6.07, 6.45) is 0.529. The molecule has 0 aliphatic carbocycles. The van der Waals surface area contributed by atoms with Crippen molar-refractivity contribution in [3.63, 3.8) is 0 Å². The van der Waals surface area contributed by atoms with E-state index in [1.807, 2.05) is 12.1 Å². The van der Waals surface area contributed by atoms with E-state index in [1.54, 1.807) is 6.07 Å². The fourth-order valence-corrected chi connectivity index (χ4v) is 1.91. The van der Waals surface area contributed by atoms with Gasteiger partial charge in [0.25, 0.3) is 0 Å². The first-order valence-electron chi connectivity index (χ1n) is 3.96. The molecule has 0 aromatic heterocycles. The molecule has 0 fully saturated rings. The van der Waals surface area contributed by atoms with Gasteiger partial charge in [0.1, 0.15) is 0 Å². The standard InChI is InChI=1S/C9H11BrClNO.ClH/c10-6-1-2-7(8(11)5-6)9(12)3-4-13;/h1-2,5,9,13H,3-4,12H2;1H/t9-;/m0./s1. The maximum Gasteiger partial charge on any atom is 0.0464 e. The Morgan fingerprint density at radius 3 is 2.64 bits per heavy atom. The molecular formula is C9H12BrCl2NO. The number of aliphatic hydroxyl groups excluding tert-OH is 1. The average Bonchev–Trinajstić information content (AvgIpc) is 2.04. The van der Waals surface area contributed by atoms with E-state index in [0.29, 0.717) is 11.4 Å². The van der Waals surface area contributed by atoms with Gasteiger partial charge < -0.3 is 10.8 Å². The molecule has 1 rings (SSSR count). The van der Waals surface area contributed by atoms with Crippen LogP contribution >= 0.6 is 39.9 Å². The van der Waals surface area contributed by atoms with E-state index in [9.17, 15) is 0 Å². The van der Waals surface area contributed by atoms with Crippen LogP contribution in [0.3, 0.4) is 0 Å². The molecule has 2 nitrogen and oxygen atoms in total. The third-order valence-electron chi connectivity index (χ3n) is 1.80. The largest absolute Gasteiger partial charge is 0.396 e. The minimum atomic E-state index is -0.189. The Kier molecular flexibility index (Phi) is 6.74. The molecule has 0 unspecified atom stereocenters. The first kappa shape index (κ1) is 14.2. The minimum absolute atomic E-state index is 0.